The van der Waals surface area contributed by atoms with Crippen molar-refractivity contribution in [2.75, 3.05) is 13.2 Å². The van der Waals surface area contributed by atoms with Gasteiger partial charge in [-0.15, -0.1) is 0 Å². The lowest BCUT2D eigenvalue weighted by atomic mass is 10.6. The number of ether oxygens (including phenoxy) is 3. The first-order valence-electron chi connectivity index (χ1n) is 3.70. The van der Waals surface area contributed by atoms with Gasteiger partial charge in [-0.25, -0.2) is 4.79 Å². The Hall–Kier alpha value is -0.320. The van der Waals surface area contributed by atoms with Crippen LogP contribution in [-0.2, 0) is 14.2 Å². The Bertz CT molecular complexity index is 142. The molecule has 0 amide bonds. The predicted octanol–water partition coefficient (Wildman–Crippen LogP) is 2.11. The molecule has 72 valence electrons. The van der Waals surface area contributed by atoms with E-state index in [2.05, 4.69) is 4.74 Å². The van der Waals surface area contributed by atoms with Crippen molar-refractivity contribution in [2.24, 2.45) is 0 Å². The minimum atomic E-state index is -1.36. The highest BCUT2D eigenvalue weighted by atomic mass is 35.5. The first kappa shape index (κ1) is 11.7. The third-order valence-corrected chi connectivity index (χ3v) is 1.16. The second-order valence-electron chi connectivity index (χ2n) is 2.07. The van der Waals surface area contributed by atoms with E-state index in [-0.39, 0.29) is 0 Å². The molecule has 0 aliphatic rings. The molecule has 4 nitrogen and oxygen atoms in total. The van der Waals surface area contributed by atoms with Gasteiger partial charge < -0.3 is 14.2 Å². The van der Waals surface area contributed by atoms with Gasteiger partial charge in [0.15, 0.2) is 0 Å². The number of hydrogen-bond donors (Lipinski definition) is 0. The maximum absolute atomic E-state index is 10.4. The molecular weight excluding hydrogens is 184 g/mol. The second-order valence-corrected chi connectivity index (χ2v) is 2.38. The van der Waals surface area contributed by atoms with E-state index >= 15 is 0 Å². The zero-order valence-corrected chi connectivity index (χ0v) is 8.18. The Morgan fingerprint density at radius 2 is 1.75 bits per heavy atom. The van der Waals surface area contributed by atoms with Crippen LogP contribution < -0.4 is 0 Å². The summed E-state index contributed by atoms with van der Waals surface area (Å²) in [6.45, 7) is 5.76. The molecule has 12 heavy (non-hydrogen) atoms. The summed E-state index contributed by atoms with van der Waals surface area (Å²) in [5, 5.41) is 0. The second kappa shape index (κ2) is 5.35. The molecule has 0 aromatic heterocycles. The molecule has 0 saturated heterocycles. The molecule has 0 spiro atoms. The van der Waals surface area contributed by atoms with Gasteiger partial charge in [-0.1, -0.05) is 0 Å². The van der Waals surface area contributed by atoms with Crippen LogP contribution in [0, 0.1) is 0 Å². The maximum Gasteiger partial charge on any atom is 0.408 e. The molecule has 0 fully saturated rings. The molecular formula is C7H13ClO4. The molecule has 0 atom stereocenters. The fraction of sp³-hybridized carbons (Fsp3) is 0.857. The van der Waals surface area contributed by atoms with E-state index in [1.165, 1.54) is 6.92 Å². The van der Waals surface area contributed by atoms with Crippen molar-refractivity contribution in [3.8, 4) is 0 Å². The summed E-state index contributed by atoms with van der Waals surface area (Å²) in [6.07, 6.45) is 0. The number of halogens is 1. The summed E-state index contributed by atoms with van der Waals surface area (Å²) in [4.78, 5) is 10.4. The zero-order valence-electron chi connectivity index (χ0n) is 7.43. The Balaban J connectivity index is 4.07. The summed E-state index contributed by atoms with van der Waals surface area (Å²) >= 11 is 5.01. The van der Waals surface area contributed by atoms with Crippen LogP contribution in [0.5, 0.6) is 0 Å². The summed E-state index contributed by atoms with van der Waals surface area (Å²) in [5.74, 6) is -1.36. The van der Waals surface area contributed by atoms with Gasteiger partial charge in [0.25, 0.3) is 0 Å². The molecule has 0 unspecified atom stereocenters. The lowest BCUT2D eigenvalue weighted by molar-refractivity contribution is -0.338. The molecule has 5 heteroatoms. The van der Waals surface area contributed by atoms with E-state index in [0.29, 0.717) is 13.2 Å². The quantitative estimate of drug-likeness (QED) is 0.499. The first-order valence-corrected chi connectivity index (χ1v) is 4.08. The molecule has 0 radical (unpaired) electrons. The summed E-state index contributed by atoms with van der Waals surface area (Å²) in [7, 11) is 0. The highest BCUT2D eigenvalue weighted by molar-refractivity contribution is 6.61. The Morgan fingerprint density at radius 1 is 1.33 bits per heavy atom. The average molecular weight is 197 g/mol. The first-order chi connectivity index (χ1) is 5.54. The Labute approximate surface area is 76.7 Å². The van der Waals surface area contributed by atoms with Gasteiger partial charge in [0.05, 0.1) is 13.2 Å². The van der Waals surface area contributed by atoms with Crippen LogP contribution in [0.2, 0.25) is 0 Å². The van der Waals surface area contributed by atoms with Crippen molar-refractivity contribution in [3.63, 3.8) is 0 Å². The van der Waals surface area contributed by atoms with Gasteiger partial charge in [-0.2, -0.15) is 0 Å². The van der Waals surface area contributed by atoms with Gasteiger partial charge in [0, 0.05) is 18.5 Å². The molecule has 0 aliphatic carbocycles. The average Bonchev–Trinajstić information content (AvgIpc) is 1.85. The van der Waals surface area contributed by atoms with Gasteiger partial charge in [-0.05, 0) is 13.8 Å². The van der Waals surface area contributed by atoms with Crippen LogP contribution in [0.3, 0.4) is 0 Å². The predicted molar refractivity (Wildman–Crippen MR) is 44.0 cm³/mol. The normalized spacial score (nSPS) is 11.3. The smallest absolute Gasteiger partial charge is 0.396 e. The highest BCUT2D eigenvalue weighted by Crippen LogP contribution is 2.15. The van der Waals surface area contributed by atoms with Crippen LogP contribution in [0.1, 0.15) is 20.8 Å². The summed E-state index contributed by atoms with van der Waals surface area (Å²) in [5.41, 5.74) is -0.945. The lowest BCUT2D eigenvalue weighted by Gasteiger charge is -2.26. The number of carbonyl (C=O) groups is 1. The number of hydrogen-bond acceptors (Lipinski definition) is 4. The number of rotatable bonds is 5. The zero-order chi connectivity index (χ0) is 9.61. The van der Waals surface area contributed by atoms with Gasteiger partial charge in [0.2, 0.25) is 0 Å². The van der Waals surface area contributed by atoms with E-state index in [1.807, 2.05) is 0 Å². The number of carbonyl (C=O) groups excluding carboxylic acids is 1. The van der Waals surface area contributed by atoms with E-state index in [1.54, 1.807) is 13.8 Å². The minimum Gasteiger partial charge on any atom is -0.396 e. The summed E-state index contributed by atoms with van der Waals surface area (Å²) < 4.78 is 14.7. The van der Waals surface area contributed by atoms with E-state index in [4.69, 9.17) is 21.1 Å². The fourth-order valence-electron chi connectivity index (χ4n) is 0.771. The van der Waals surface area contributed by atoms with Crippen LogP contribution in [0.15, 0.2) is 0 Å². The standard InChI is InChI=1S/C7H13ClO4/c1-4-10-7(3,11-5-2)12-6(8)9/h4-5H2,1-3H3. The minimum absolute atomic E-state index is 0.376. The van der Waals surface area contributed by atoms with Gasteiger partial charge in [-0.3, -0.25) is 0 Å². The SMILES string of the molecule is CCOC(C)(OCC)OC(=O)Cl. The Morgan fingerprint density at radius 3 is 2.00 bits per heavy atom. The lowest BCUT2D eigenvalue weighted by Crippen LogP contribution is -2.36. The van der Waals surface area contributed by atoms with Crippen molar-refractivity contribution < 1.29 is 19.0 Å². The molecule has 0 aromatic carbocycles. The topological polar surface area (TPSA) is 44.8 Å². The largest absolute Gasteiger partial charge is 0.408 e. The molecule has 0 aliphatic heterocycles. The third-order valence-electron chi connectivity index (χ3n) is 1.08. The molecule has 0 saturated carbocycles. The van der Waals surface area contributed by atoms with Gasteiger partial charge >= 0.3 is 11.4 Å². The van der Waals surface area contributed by atoms with E-state index in [0.717, 1.165) is 0 Å². The molecule has 0 N–H and O–H groups in total. The van der Waals surface area contributed by atoms with Crippen molar-refractivity contribution in [2.45, 2.75) is 26.7 Å². The van der Waals surface area contributed by atoms with E-state index in [9.17, 15) is 4.79 Å². The van der Waals surface area contributed by atoms with Crippen molar-refractivity contribution in [1.29, 1.82) is 0 Å². The van der Waals surface area contributed by atoms with Crippen LogP contribution in [-0.4, -0.2) is 24.6 Å². The van der Waals surface area contributed by atoms with Crippen molar-refractivity contribution >= 4 is 17.0 Å². The van der Waals surface area contributed by atoms with Crippen LogP contribution in [0.25, 0.3) is 0 Å². The van der Waals surface area contributed by atoms with Crippen LogP contribution in [0.4, 0.5) is 4.79 Å². The van der Waals surface area contributed by atoms with Gasteiger partial charge in [0.1, 0.15) is 0 Å². The monoisotopic (exact) mass is 196 g/mol. The molecule has 0 rings (SSSR count). The maximum atomic E-state index is 10.4. The van der Waals surface area contributed by atoms with Crippen molar-refractivity contribution in [1.82, 2.24) is 0 Å². The fourth-order valence-corrected chi connectivity index (χ4v) is 0.911. The summed E-state index contributed by atoms with van der Waals surface area (Å²) in [6, 6.07) is 0. The molecule has 0 heterocycles. The molecule has 0 bridgehead atoms. The third kappa shape index (κ3) is 4.54. The van der Waals surface area contributed by atoms with Crippen molar-refractivity contribution in [3.05, 3.63) is 0 Å². The molecule has 0 aromatic rings. The highest BCUT2D eigenvalue weighted by Gasteiger charge is 2.29. The van der Waals surface area contributed by atoms with Crippen LogP contribution >= 0.6 is 11.6 Å². The van der Waals surface area contributed by atoms with E-state index < -0.39 is 11.4 Å². The Kier molecular flexibility index (Phi) is 5.20.